The number of aromatic nitrogens is 2. The number of rotatable bonds is 5. The van der Waals surface area contributed by atoms with Crippen LogP contribution in [-0.2, 0) is 7.05 Å². The minimum atomic E-state index is -0.104. The fraction of sp³-hybridized carbons (Fsp3) is 0.143. The number of amides is 1. The van der Waals surface area contributed by atoms with E-state index in [1.165, 1.54) is 0 Å². The van der Waals surface area contributed by atoms with E-state index in [4.69, 9.17) is 4.74 Å². The average Bonchev–Trinajstić information content (AvgIpc) is 3.05. The van der Waals surface area contributed by atoms with Crippen LogP contribution >= 0.6 is 0 Å². The van der Waals surface area contributed by atoms with Gasteiger partial charge in [0, 0.05) is 35.9 Å². The van der Waals surface area contributed by atoms with Crippen molar-refractivity contribution in [1.29, 1.82) is 0 Å². The summed E-state index contributed by atoms with van der Waals surface area (Å²) in [7, 11) is 1.97. The number of carbonyl (C=O) groups is 1. The molecule has 130 valence electrons. The third-order valence-electron chi connectivity index (χ3n) is 4.39. The van der Waals surface area contributed by atoms with Crippen molar-refractivity contribution in [3.63, 3.8) is 0 Å². The first-order valence-electron chi connectivity index (χ1n) is 8.52. The van der Waals surface area contributed by atoms with Crippen molar-refractivity contribution in [1.82, 2.24) is 14.9 Å². The van der Waals surface area contributed by atoms with Crippen LogP contribution in [0.15, 0.2) is 67.0 Å². The van der Waals surface area contributed by atoms with Gasteiger partial charge in [0.15, 0.2) is 0 Å². The maximum Gasteiger partial charge on any atom is 0.251 e. The van der Waals surface area contributed by atoms with Crippen LogP contribution in [0.25, 0.3) is 21.8 Å². The van der Waals surface area contributed by atoms with Crippen LogP contribution in [-0.4, -0.2) is 28.6 Å². The Hall–Kier alpha value is -3.34. The highest BCUT2D eigenvalue weighted by Gasteiger charge is 2.08. The van der Waals surface area contributed by atoms with E-state index in [2.05, 4.69) is 10.3 Å². The van der Waals surface area contributed by atoms with Crippen molar-refractivity contribution in [2.24, 2.45) is 7.05 Å². The molecule has 0 fully saturated rings. The van der Waals surface area contributed by atoms with Gasteiger partial charge in [0.05, 0.1) is 6.54 Å². The van der Waals surface area contributed by atoms with E-state index in [1.54, 1.807) is 6.20 Å². The quantitative estimate of drug-likeness (QED) is 0.563. The summed E-state index contributed by atoms with van der Waals surface area (Å²) in [6, 6.07) is 17.5. The lowest BCUT2D eigenvalue weighted by atomic mass is 10.1. The number of hydrogen-bond acceptors (Lipinski definition) is 3. The Balaban J connectivity index is 1.38. The molecule has 0 aliphatic rings. The van der Waals surface area contributed by atoms with Crippen LogP contribution in [0.3, 0.4) is 0 Å². The highest BCUT2D eigenvalue weighted by molar-refractivity contribution is 5.98. The van der Waals surface area contributed by atoms with Crippen LogP contribution in [0, 0.1) is 0 Å². The van der Waals surface area contributed by atoms with Crippen molar-refractivity contribution in [3.05, 3.63) is 72.6 Å². The van der Waals surface area contributed by atoms with Gasteiger partial charge < -0.3 is 14.6 Å². The molecule has 0 saturated carbocycles. The second kappa shape index (κ2) is 6.88. The molecule has 2 heterocycles. The van der Waals surface area contributed by atoms with E-state index in [-0.39, 0.29) is 5.91 Å². The van der Waals surface area contributed by atoms with Gasteiger partial charge in [-0.25, -0.2) is 0 Å². The molecule has 0 atom stereocenters. The Morgan fingerprint density at radius 3 is 2.92 bits per heavy atom. The van der Waals surface area contributed by atoms with Gasteiger partial charge in [0.2, 0.25) is 0 Å². The van der Waals surface area contributed by atoms with Crippen molar-refractivity contribution >= 4 is 27.7 Å². The highest BCUT2D eigenvalue weighted by Crippen LogP contribution is 2.22. The molecule has 5 nitrogen and oxygen atoms in total. The van der Waals surface area contributed by atoms with Gasteiger partial charge in [-0.1, -0.05) is 24.3 Å². The van der Waals surface area contributed by atoms with Crippen LogP contribution < -0.4 is 10.1 Å². The largest absolute Gasteiger partial charge is 0.489 e. The first-order chi connectivity index (χ1) is 12.7. The summed E-state index contributed by atoms with van der Waals surface area (Å²) in [5, 5.41) is 5.05. The Labute approximate surface area is 151 Å². The maximum atomic E-state index is 12.4. The van der Waals surface area contributed by atoms with Crippen LogP contribution in [0.5, 0.6) is 5.75 Å². The molecule has 1 amide bonds. The molecular formula is C21H19N3O2. The molecule has 5 heteroatoms. The molecule has 0 bridgehead atoms. The van der Waals surface area contributed by atoms with Gasteiger partial charge in [-0.05, 0) is 35.7 Å². The number of carbonyl (C=O) groups excluding carboxylic acids is 1. The van der Waals surface area contributed by atoms with E-state index in [0.29, 0.717) is 18.7 Å². The summed E-state index contributed by atoms with van der Waals surface area (Å²) in [6.07, 6.45) is 3.73. The zero-order valence-corrected chi connectivity index (χ0v) is 14.5. The predicted octanol–water partition coefficient (Wildman–Crippen LogP) is 3.54. The standard InChI is InChI=1S/C21H19N3O2/c1-24-12-9-15-7-8-17(14-18(15)24)21(25)23-11-13-26-19-6-2-4-16-5-3-10-22-20(16)19/h2-10,12,14H,11,13H2,1H3,(H,23,25). The highest BCUT2D eigenvalue weighted by atomic mass is 16.5. The van der Waals surface area contributed by atoms with Crippen molar-refractivity contribution < 1.29 is 9.53 Å². The number of fused-ring (bicyclic) bond motifs is 2. The molecule has 0 aliphatic heterocycles. The summed E-state index contributed by atoms with van der Waals surface area (Å²) in [5.41, 5.74) is 2.51. The Kier molecular flexibility index (Phi) is 4.27. The van der Waals surface area contributed by atoms with E-state index in [0.717, 1.165) is 27.6 Å². The average molecular weight is 345 g/mol. The second-order valence-corrected chi connectivity index (χ2v) is 6.14. The lowest BCUT2D eigenvalue weighted by Gasteiger charge is -2.10. The normalized spacial score (nSPS) is 11.0. The van der Waals surface area contributed by atoms with Crippen LogP contribution in [0.1, 0.15) is 10.4 Å². The summed E-state index contributed by atoms with van der Waals surface area (Å²) in [4.78, 5) is 16.7. The number of aryl methyl sites for hydroxylation is 1. The molecular weight excluding hydrogens is 326 g/mol. The number of benzene rings is 2. The van der Waals surface area contributed by atoms with Gasteiger partial charge >= 0.3 is 0 Å². The van der Waals surface area contributed by atoms with Crippen molar-refractivity contribution in [2.75, 3.05) is 13.2 Å². The third kappa shape index (κ3) is 3.11. The molecule has 4 rings (SSSR count). The molecule has 0 radical (unpaired) electrons. The van der Waals surface area contributed by atoms with Crippen LogP contribution in [0.4, 0.5) is 0 Å². The molecule has 2 aromatic heterocycles. The van der Waals surface area contributed by atoms with Crippen molar-refractivity contribution in [2.45, 2.75) is 0 Å². The van der Waals surface area contributed by atoms with Gasteiger partial charge in [-0.15, -0.1) is 0 Å². The fourth-order valence-electron chi connectivity index (χ4n) is 3.02. The van der Waals surface area contributed by atoms with Crippen LogP contribution in [0.2, 0.25) is 0 Å². The molecule has 2 aromatic carbocycles. The van der Waals surface area contributed by atoms with E-state index >= 15 is 0 Å². The fourth-order valence-corrected chi connectivity index (χ4v) is 3.02. The molecule has 1 N–H and O–H groups in total. The number of pyridine rings is 1. The minimum absolute atomic E-state index is 0.104. The molecule has 0 unspecified atom stereocenters. The SMILES string of the molecule is Cn1ccc2ccc(C(=O)NCCOc3cccc4cccnc34)cc21. The molecule has 4 aromatic rings. The Morgan fingerprint density at radius 1 is 1.12 bits per heavy atom. The summed E-state index contributed by atoms with van der Waals surface area (Å²) in [6.45, 7) is 0.807. The first kappa shape index (κ1) is 16.1. The molecule has 0 aliphatic carbocycles. The van der Waals surface area contributed by atoms with E-state index in [1.807, 2.05) is 72.4 Å². The number of nitrogens with zero attached hydrogens (tertiary/aromatic N) is 2. The van der Waals surface area contributed by atoms with E-state index < -0.39 is 0 Å². The first-order valence-corrected chi connectivity index (χ1v) is 8.52. The molecule has 0 spiro atoms. The number of para-hydroxylation sites is 1. The van der Waals surface area contributed by atoms with Gasteiger partial charge in [0.1, 0.15) is 17.9 Å². The number of hydrogen-bond donors (Lipinski definition) is 1. The molecule has 26 heavy (non-hydrogen) atoms. The zero-order valence-electron chi connectivity index (χ0n) is 14.5. The smallest absolute Gasteiger partial charge is 0.251 e. The topological polar surface area (TPSA) is 56.2 Å². The molecule has 0 saturated heterocycles. The lowest BCUT2D eigenvalue weighted by Crippen LogP contribution is -2.28. The summed E-state index contributed by atoms with van der Waals surface area (Å²) >= 11 is 0. The predicted molar refractivity (Wildman–Crippen MR) is 102 cm³/mol. The van der Waals surface area contributed by atoms with Gasteiger partial charge in [-0.3, -0.25) is 9.78 Å². The van der Waals surface area contributed by atoms with Gasteiger partial charge in [0.25, 0.3) is 5.91 Å². The monoisotopic (exact) mass is 345 g/mol. The number of nitrogens with one attached hydrogen (secondary N) is 1. The lowest BCUT2D eigenvalue weighted by molar-refractivity contribution is 0.0947. The minimum Gasteiger partial charge on any atom is -0.489 e. The maximum absolute atomic E-state index is 12.4. The Morgan fingerprint density at radius 2 is 2.00 bits per heavy atom. The zero-order chi connectivity index (χ0) is 17.9. The third-order valence-corrected chi connectivity index (χ3v) is 4.39. The van der Waals surface area contributed by atoms with Gasteiger partial charge in [-0.2, -0.15) is 0 Å². The second-order valence-electron chi connectivity index (χ2n) is 6.14. The number of ether oxygens (including phenoxy) is 1. The summed E-state index contributed by atoms with van der Waals surface area (Å²) in [5.74, 6) is 0.621. The van der Waals surface area contributed by atoms with Crippen molar-refractivity contribution in [3.8, 4) is 5.75 Å². The summed E-state index contributed by atoms with van der Waals surface area (Å²) < 4.78 is 7.80. The Bertz CT molecular complexity index is 1080. The van der Waals surface area contributed by atoms with E-state index in [9.17, 15) is 4.79 Å².